The largest absolute Gasteiger partial charge is 0.306 e. The fourth-order valence-electron chi connectivity index (χ4n) is 2.60. The van der Waals surface area contributed by atoms with Gasteiger partial charge in [0.15, 0.2) is 0 Å². The van der Waals surface area contributed by atoms with Gasteiger partial charge in [0.2, 0.25) is 0 Å². The van der Waals surface area contributed by atoms with Crippen molar-refractivity contribution >= 4 is 11.6 Å². The molecule has 0 spiro atoms. The van der Waals surface area contributed by atoms with E-state index in [1.807, 2.05) is 12.1 Å². The zero-order chi connectivity index (χ0) is 15.0. The van der Waals surface area contributed by atoms with Crippen molar-refractivity contribution in [3.8, 4) is 0 Å². The minimum atomic E-state index is 0.419. The van der Waals surface area contributed by atoms with Gasteiger partial charge < -0.3 is 10.2 Å². The second-order valence-corrected chi connectivity index (χ2v) is 5.88. The number of hydrogen-bond acceptors (Lipinski definition) is 2. The van der Waals surface area contributed by atoms with Crippen molar-refractivity contribution in [2.45, 2.75) is 52.6 Å². The van der Waals surface area contributed by atoms with Crippen molar-refractivity contribution in [2.24, 2.45) is 0 Å². The fourth-order valence-corrected chi connectivity index (χ4v) is 2.72. The first kappa shape index (κ1) is 17.5. The van der Waals surface area contributed by atoms with E-state index < -0.39 is 0 Å². The number of nitrogens with one attached hydrogen (secondary N) is 1. The molecule has 2 atom stereocenters. The lowest BCUT2D eigenvalue weighted by atomic mass is 10.0. The molecule has 0 aliphatic carbocycles. The van der Waals surface area contributed by atoms with Crippen LogP contribution in [0, 0.1) is 0 Å². The molecule has 1 aromatic carbocycles. The third-order valence-electron chi connectivity index (χ3n) is 3.76. The number of hydrogen-bond donors (Lipinski definition) is 1. The van der Waals surface area contributed by atoms with Gasteiger partial charge in [-0.3, -0.25) is 0 Å². The normalized spacial score (nSPS) is 14.5. The van der Waals surface area contributed by atoms with Crippen molar-refractivity contribution in [2.75, 3.05) is 19.6 Å². The van der Waals surface area contributed by atoms with Gasteiger partial charge in [0.05, 0.1) is 0 Å². The van der Waals surface area contributed by atoms with Crippen LogP contribution in [0.4, 0.5) is 0 Å². The summed E-state index contributed by atoms with van der Waals surface area (Å²) in [7, 11) is 0. The Morgan fingerprint density at radius 2 is 1.70 bits per heavy atom. The van der Waals surface area contributed by atoms with Crippen molar-refractivity contribution in [1.82, 2.24) is 10.2 Å². The molecule has 0 aliphatic rings. The summed E-state index contributed by atoms with van der Waals surface area (Å²) in [5, 5.41) is 4.57. The minimum absolute atomic E-state index is 0.419. The van der Waals surface area contributed by atoms with Crippen LogP contribution in [-0.4, -0.2) is 30.6 Å². The van der Waals surface area contributed by atoms with E-state index in [4.69, 9.17) is 11.6 Å². The summed E-state index contributed by atoms with van der Waals surface area (Å²) in [4.78, 5) is 2.46. The molecule has 2 nitrogen and oxygen atoms in total. The summed E-state index contributed by atoms with van der Waals surface area (Å²) >= 11 is 5.98. The maximum absolute atomic E-state index is 5.98. The summed E-state index contributed by atoms with van der Waals surface area (Å²) in [5.74, 6) is 0. The van der Waals surface area contributed by atoms with Gasteiger partial charge in [0, 0.05) is 23.7 Å². The monoisotopic (exact) mass is 296 g/mol. The summed E-state index contributed by atoms with van der Waals surface area (Å²) < 4.78 is 0. The van der Waals surface area contributed by atoms with Gasteiger partial charge in [-0.15, -0.1) is 0 Å². The summed E-state index contributed by atoms with van der Waals surface area (Å²) in [6.45, 7) is 12.3. The van der Waals surface area contributed by atoms with Crippen LogP contribution in [0.1, 0.15) is 52.1 Å². The smallest absolute Gasteiger partial charge is 0.0406 e. The van der Waals surface area contributed by atoms with Crippen LogP contribution in [0.5, 0.6) is 0 Å². The number of rotatable bonds is 9. The Morgan fingerprint density at radius 3 is 2.20 bits per heavy atom. The molecule has 0 radical (unpaired) electrons. The summed E-state index contributed by atoms with van der Waals surface area (Å²) in [6.07, 6.45) is 2.34. The van der Waals surface area contributed by atoms with E-state index in [-0.39, 0.29) is 0 Å². The number of nitrogens with zero attached hydrogens (tertiary/aromatic N) is 1. The zero-order valence-corrected chi connectivity index (χ0v) is 14.1. The van der Waals surface area contributed by atoms with Crippen molar-refractivity contribution in [3.63, 3.8) is 0 Å². The van der Waals surface area contributed by atoms with E-state index in [0.29, 0.717) is 12.1 Å². The topological polar surface area (TPSA) is 15.3 Å². The molecule has 1 rings (SSSR count). The van der Waals surface area contributed by atoms with E-state index in [1.54, 1.807) is 0 Å². The van der Waals surface area contributed by atoms with Crippen LogP contribution >= 0.6 is 11.6 Å². The molecule has 0 aromatic heterocycles. The Hall–Kier alpha value is -0.570. The average Bonchev–Trinajstić information content (AvgIpc) is 2.45. The first-order chi connectivity index (χ1) is 9.60. The molecule has 20 heavy (non-hydrogen) atoms. The van der Waals surface area contributed by atoms with Gasteiger partial charge in [0.25, 0.3) is 0 Å². The maximum atomic E-state index is 5.98. The van der Waals surface area contributed by atoms with Gasteiger partial charge in [-0.1, -0.05) is 50.9 Å². The van der Waals surface area contributed by atoms with Crippen LogP contribution in [0.2, 0.25) is 5.02 Å². The maximum Gasteiger partial charge on any atom is 0.0406 e. The molecule has 0 saturated heterocycles. The molecule has 114 valence electrons. The van der Waals surface area contributed by atoms with Crippen LogP contribution < -0.4 is 5.32 Å². The summed E-state index contributed by atoms with van der Waals surface area (Å²) in [6, 6.07) is 9.15. The predicted octanol–water partition coefficient (Wildman–Crippen LogP) is 4.50. The third-order valence-corrected chi connectivity index (χ3v) is 4.01. The highest BCUT2D eigenvalue weighted by Crippen LogP contribution is 2.21. The molecule has 0 saturated carbocycles. The van der Waals surface area contributed by atoms with Crippen LogP contribution in [0.25, 0.3) is 0 Å². The summed E-state index contributed by atoms with van der Waals surface area (Å²) in [5.41, 5.74) is 1.34. The number of halogens is 1. The van der Waals surface area contributed by atoms with Gasteiger partial charge in [-0.25, -0.2) is 0 Å². The Balaban J connectivity index is 2.64. The van der Waals surface area contributed by atoms with Gasteiger partial charge in [-0.2, -0.15) is 0 Å². The molecule has 3 heteroatoms. The van der Waals surface area contributed by atoms with E-state index >= 15 is 0 Å². The molecule has 2 unspecified atom stereocenters. The fraction of sp³-hybridized carbons (Fsp3) is 0.647. The minimum Gasteiger partial charge on any atom is -0.306 e. The Labute approximate surface area is 129 Å². The zero-order valence-electron chi connectivity index (χ0n) is 13.3. The first-order valence-corrected chi connectivity index (χ1v) is 8.22. The third kappa shape index (κ3) is 5.82. The van der Waals surface area contributed by atoms with E-state index in [2.05, 4.69) is 50.0 Å². The van der Waals surface area contributed by atoms with Gasteiger partial charge in [0.1, 0.15) is 0 Å². The Morgan fingerprint density at radius 1 is 1.10 bits per heavy atom. The quantitative estimate of drug-likeness (QED) is 0.722. The first-order valence-electron chi connectivity index (χ1n) is 7.84. The number of benzene rings is 1. The number of likely N-dealkylation sites (N-methyl/N-ethyl adjacent to an activating group) is 1. The molecule has 0 fully saturated rings. The highest BCUT2D eigenvalue weighted by Gasteiger charge is 2.15. The molecule has 0 bridgehead atoms. The van der Waals surface area contributed by atoms with Crippen molar-refractivity contribution in [1.29, 1.82) is 0 Å². The second-order valence-electron chi connectivity index (χ2n) is 5.45. The van der Waals surface area contributed by atoms with Gasteiger partial charge >= 0.3 is 0 Å². The molecular weight excluding hydrogens is 268 g/mol. The average molecular weight is 297 g/mol. The standard InChI is InChI=1S/C17H29ClN2/c1-5-8-17(15-9-11-16(18)12-10-15)19-14(4)13-20(6-2)7-3/h9-12,14,17,19H,5-8,13H2,1-4H3. The lowest BCUT2D eigenvalue weighted by Gasteiger charge is -2.28. The lowest BCUT2D eigenvalue weighted by molar-refractivity contribution is 0.259. The SMILES string of the molecule is CCCC(NC(C)CN(CC)CC)c1ccc(Cl)cc1. The lowest BCUT2D eigenvalue weighted by Crippen LogP contribution is -2.40. The van der Waals surface area contributed by atoms with E-state index in [0.717, 1.165) is 31.1 Å². The van der Waals surface area contributed by atoms with E-state index in [1.165, 1.54) is 12.0 Å². The van der Waals surface area contributed by atoms with Gasteiger partial charge in [-0.05, 0) is 44.1 Å². The van der Waals surface area contributed by atoms with Crippen molar-refractivity contribution < 1.29 is 0 Å². The van der Waals surface area contributed by atoms with E-state index in [9.17, 15) is 0 Å². The predicted molar refractivity (Wildman–Crippen MR) is 89.5 cm³/mol. The molecule has 0 aliphatic heterocycles. The van der Waals surface area contributed by atoms with Crippen LogP contribution in [-0.2, 0) is 0 Å². The van der Waals surface area contributed by atoms with Crippen LogP contribution in [0.15, 0.2) is 24.3 Å². The van der Waals surface area contributed by atoms with Crippen molar-refractivity contribution in [3.05, 3.63) is 34.9 Å². The molecule has 1 N–H and O–H groups in total. The molecular formula is C17H29ClN2. The highest BCUT2D eigenvalue weighted by atomic mass is 35.5. The highest BCUT2D eigenvalue weighted by molar-refractivity contribution is 6.30. The van der Waals surface area contributed by atoms with Crippen LogP contribution in [0.3, 0.4) is 0 Å². The molecule has 1 aromatic rings. The Bertz CT molecular complexity index is 360. The molecule has 0 amide bonds. The second kappa shape index (κ2) is 9.38. The molecule has 0 heterocycles. The Kier molecular flexibility index (Phi) is 8.20.